The van der Waals surface area contributed by atoms with Gasteiger partial charge in [-0.1, -0.05) is 0 Å². The minimum atomic E-state index is -2.36. The summed E-state index contributed by atoms with van der Waals surface area (Å²) in [5.74, 6) is 0. The van der Waals surface area contributed by atoms with E-state index in [4.69, 9.17) is 0 Å². The molecule has 150 valence electrons. The summed E-state index contributed by atoms with van der Waals surface area (Å²) in [7, 11) is -2.36. The predicted molar refractivity (Wildman–Crippen MR) is 106 cm³/mol. The summed E-state index contributed by atoms with van der Waals surface area (Å²) in [4.78, 5) is 21.6. The number of thiol groups is 1. The summed E-state index contributed by atoms with van der Waals surface area (Å²) in [5.41, 5.74) is 2.97. The Labute approximate surface area is 168 Å². The zero-order chi connectivity index (χ0) is 20.1. The molecule has 0 radical (unpaired) electrons. The Hall–Kier alpha value is -1.88. The van der Waals surface area contributed by atoms with Crippen LogP contribution >= 0.6 is 11.3 Å². The number of hydrogen-bond acceptors (Lipinski definition) is 7. The van der Waals surface area contributed by atoms with E-state index in [1.807, 2.05) is 0 Å². The SMILES string of the molecule is CC(C)(O)c1cnc(/[SH](=O)=N/C(=O)Nc2c3c(nc4c2CCC4O)CCC3)s1. The van der Waals surface area contributed by atoms with Crippen LogP contribution < -0.4 is 5.32 Å². The van der Waals surface area contributed by atoms with Crippen molar-refractivity contribution in [3.63, 3.8) is 0 Å². The van der Waals surface area contributed by atoms with Gasteiger partial charge in [-0.2, -0.15) is 0 Å². The molecule has 3 N–H and O–H groups in total. The van der Waals surface area contributed by atoms with Crippen LogP contribution in [-0.2, 0) is 35.5 Å². The molecule has 28 heavy (non-hydrogen) atoms. The van der Waals surface area contributed by atoms with E-state index in [0.29, 0.717) is 29.1 Å². The number of aliphatic hydroxyl groups is 2. The molecule has 2 aliphatic rings. The van der Waals surface area contributed by atoms with Crippen molar-refractivity contribution in [3.05, 3.63) is 33.6 Å². The number of nitrogens with one attached hydrogen (secondary N) is 1. The molecular formula is C18H22N4O4S2. The number of carbonyl (C=O) groups excluding carboxylic acids is 1. The average Bonchev–Trinajstić information content (AvgIpc) is 3.34. The van der Waals surface area contributed by atoms with Crippen LogP contribution in [0, 0.1) is 0 Å². The number of amides is 2. The fourth-order valence-electron chi connectivity index (χ4n) is 3.63. The molecule has 0 aromatic carbocycles. The molecule has 0 saturated heterocycles. The molecule has 0 bridgehead atoms. The number of pyridine rings is 1. The number of carbonyl (C=O) groups is 1. The highest BCUT2D eigenvalue weighted by Gasteiger charge is 2.30. The zero-order valence-corrected chi connectivity index (χ0v) is 17.3. The largest absolute Gasteiger partial charge is 0.387 e. The molecule has 2 amide bonds. The van der Waals surface area contributed by atoms with E-state index in [0.717, 1.165) is 47.4 Å². The number of urea groups is 1. The van der Waals surface area contributed by atoms with Crippen molar-refractivity contribution < 1.29 is 19.2 Å². The quantitative estimate of drug-likeness (QED) is 0.563. The Balaban J connectivity index is 1.61. The molecule has 2 aromatic heterocycles. The number of fused-ring (bicyclic) bond motifs is 2. The minimum absolute atomic E-state index is 0.197. The lowest BCUT2D eigenvalue weighted by Crippen LogP contribution is -2.13. The van der Waals surface area contributed by atoms with Crippen LogP contribution in [0.3, 0.4) is 0 Å². The van der Waals surface area contributed by atoms with E-state index in [1.165, 1.54) is 6.20 Å². The molecule has 0 spiro atoms. The van der Waals surface area contributed by atoms with Gasteiger partial charge in [-0.15, -0.1) is 15.7 Å². The lowest BCUT2D eigenvalue weighted by molar-refractivity contribution is 0.0823. The first-order chi connectivity index (χ1) is 13.2. The van der Waals surface area contributed by atoms with E-state index in [2.05, 4.69) is 19.6 Å². The van der Waals surface area contributed by atoms with Crippen molar-refractivity contribution >= 4 is 33.7 Å². The Morgan fingerprint density at radius 1 is 1.36 bits per heavy atom. The lowest BCUT2D eigenvalue weighted by Gasteiger charge is -2.14. The summed E-state index contributed by atoms with van der Waals surface area (Å²) in [6, 6.07) is -0.704. The second-order valence-corrected chi connectivity index (χ2v) is 10.1. The Morgan fingerprint density at radius 3 is 2.86 bits per heavy atom. The third-order valence-electron chi connectivity index (χ3n) is 5.01. The van der Waals surface area contributed by atoms with Crippen LogP contribution in [0.4, 0.5) is 10.5 Å². The molecule has 0 saturated carbocycles. The maximum atomic E-state index is 12.5. The minimum Gasteiger partial charge on any atom is -0.387 e. The van der Waals surface area contributed by atoms with Crippen LogP contribution in [0.5, 0.6) is 0 Å². The number of hydrogen-bond donors (Lipinski definition) is 4. The van der Waals surface area contributed by atoms with E-state index in [-0.39, 0.29) is 4.34 Å². The maximum Gasteiger partial charge on any atom is 0.353 e. The highest BCUT2D eigenvalue weighted by molar-refractivity contribution is 7.77. The van der Waals surface area contributed by atoms with Gasteiger partial charge in [0.05, 0.1) is 28.0 Å². The topological polar surface area (TPSA) is 125 Å². The molecule has 2 aromatic rings. The third-order valence-corrected chi connectivity index (χ3v) is 7.68. The second kappa shape index (κ2) is 7.18. The van der Waals surface area contributed by atoms with Crippen molar-refractivity contribution in [2.24, 2.45) is 4.36 Å². The fraction of sp³-hybridized carbons (Fsp3) is 0.500. The lowest BCUT2D eigenvalue weighted by atomic mass is 10.1. The van der Waals surface area contributed by atoms with Crippen molar-refractivity contribution in [1.82, 2.24) is 9.97 Å². The molecule has 4 rings (SSSR count). The van der Waals surface area contributed by atoms with Gasteiger partial charge in [0, 0.05) is 17.5 Å². The molecule has 2 heterocycles. The summed E-state index contributed by atoms with van der Waals surface area (Å²) in [5, 5.41) is 22.9. The van der Waals surface area contributed by atoms with Crippen LogP contribution in [-0.4, -0.2) is 30.4 Å². The normalized spacial score (nSPS) is 19.5. The van der Waals surface area contributed by atoms with Crippen LogP contribution in [0.1, 0.15) is 60.2 Å². The van der Waals surface area contributed by atoms with Gasteiger partial charge in [0.1, 0.15) is 10.6 Å². The van der Waals surface area contributed by atoms with Gasteiger partial charge in [0.25, 0.3) is 0 Å². The van der Waals surface area contributed by atoms with Crippen molar-refractivity contribution in [3.8, 4) is 0 Å². The number of thiazole rings is 1. The van der Waals surface area contributed by atoms with Gasteiger partial charge in [0.15, 0.2) is 4.34 Å². The van der Waals surface area contributed by atoms with Crippen LogP contribution in [0.15, 0.2) is 14.9 Å². The van der Waals surface area contributed by atoms with Crippen LogP contribution in [0.2, 0.25) is 0 Å². The van der Waals surface area contributed by atoms with E-state index in [1.54, 1.807) is 13.8 Å². The number of aliphatic hydroxyl groups excluding tert-OH is 1. The molecule has 0 fully saturated rings. The molecule has 2 unspecified atom stereocenters. The molecule has 2 aliphatic carbocycles. The Bertz CT molecular complexity index is 1030. The number of rotatable bonds is 3. The summed E-state index contributed by atoms with van der Waals surface area (Å²) >= 11 is 1.08. The van der Waals surface area contributed by atoms with E-state index >= 15 is 0 Å². The van der Waals surface area contributed by atoms with Gasteiger partial charge in [-0.25, -0.2) is 14.0 Å². The number of aryl methyl sites for hydroxylation is 1. The molecule has 2 atom stereocenters. The van der Waals surface area contributed by atoms with Gasteiger partial charge >= 0.3 is 6.03 Å². The van der Waals surface area contributed by atoms with E-state index in [9.17, 15) is 19.2 Å². The summed E-state index contributed by atoms with van der Waals surface area (Å²) < 4.78 is 16.4. The summed E-state index contributed by atoms with van der Waals surface area (Å²) in [6.07, 6.45) is 4.65. The maximum absolute atomic E-state index is 12.5. The highest BCUT2D eigenvalue weighted by atomic mass is 32.2. The first kappa shape index (κ1) is 19.4. The second-order valence-electron chi connectivity index (χ2n) is 7.55. The third kappa shape index (κ3) is 3.57. The van der Waals surface area contributed by atoms with Crippen molar-refractivity contribution in [2.75, 3.05) is 5.32 Å². The standard InChI is InChI=1S/C18H22N4O4S2/c1-18(2,25)13-8-19-17(27-13)28(26)22-16(24)21-14-9-4-3-5-11(9)20-15-10(14)6-7-12(15)23/h8,12,23,25,28H,3-7H2,1-2H3,(H,20,21,24). The number of aromatic nitrogens is 2. The monoisotopic (exact) mass is 422 g/mol. The molecular weight excluding hydrogens is 400 g/mol. The van der Waals surface area contributed by atoms with Gasteiger partial charge < -0.3 is 15.5 Å². The molecule has 8 nitrogen and oxygen atoms in total. The number of nitrogens with zero attached hydrogens (tertiary/aromatic N) is 3. The molecule has 0 aliphatic heterocycles. The predicted octanol–water partition coefficient (Wildman–Crippen LogP) is 2.49. The Morgan fingerprint density at radius 2 is 2.14 bits per heavy atom. The Kier molecular flexibility index (Phi) is 4.98. The van der Waals surface area contributed by atoms with Gasteiger partial charge in [-0.05, 0) is 51.5 Å². The van der Waals surface area contributed by atoms with E-state index < -0.39 is 28.3 Å². The number of anilines is 1. The first-order valence-electron chi connectivity index (χ1n) is 9.15. The summed E-state index contributed by atoms with van der Waals surface area (Å²) in [6.45, 7) is 3.22. The zero-order valence-electron chi connectivity index (χ0n) is 15.6. The first-order valence-corrected chi connectivity index (χ1v) is 11.2. The van der Waals surface area contributed by atoms with Crippen molar-refractivity contribution in [1.29, 1.82) is 0 Å². The fourth-order valence-corrected chi connectivity index (χ4v) is 5.48. The van der Waals surface area contributed by atoms with Crippen molar-refractivity contribution in [2.45, 2.75) is 62.0 Å². The molecule has 10 heteroatoms. The van der Waals surface area contributed by atoms with Gasteiger partial charge in [0.2, 0.25) is 0 Å². The average molecular weight is 423 g/mol. The van der Waals surface area contributed by atoms with Crippen LogP contribution in [0.25, 0.3) is 0 Å². The smallest absolute Gasteiger partial charge is 0.353 e. The van der Waals surface area contributed by atoms with Gasteiger partial charge in [-0.3, -0.25) is 4.98 Å². The highest BCUT2D eigenvalue weighted by Crippen LogP contribution is 2.40.